The van der Waals surface area contributed by atoms with Gasteiger partial charge in [0.25, 0.3) is 0 Å². The molecule has 1 N–H and O–H groups in total. The van der Waals surface area contributed by atoms with Gasteiger partial charge in [0.2, 0.25) is 5.91 Å². The van der Waals surface area contributed by atoms with Crippen molar-refractivity contribution in [1.29, 1.82) is 0 Å². The largest absolute Gasteiger partial charge is 0.350 e. The van der Waals surface area contributed by atoms with Crippen LogP contribution in [0.5, 0.6) is 0 Å². The molecule has 1 fully saturated rings. The van der Waals surface area contributed by atoms with E-state index in [0.717, 1.165) is 16.4 Å². The number of nitrogens with zero attached hydrogens (tertiary/aromatic N) is 2. The third-order valence-corrected chi connectivity index (χ3v) is 6.73. The number of hydrogen-bond acceptors (Lipinski definition) is 4. The summed E-state index contributed by atoms with van der Waals surface area (Å²) in [5.41, 5.74) is 3.97. The van der Waals surface area contributed by atoms with Crippen LogP contribution in [0.15, 0.2) is 29.4 Å². The Kier molecular flexibility index (Phi) is 7.17. The lowest BCUT2D eigenvalue weighted by Crippen LogP contribution is -2.23. The van der Waals surface area contributed by atoms with E-state index in [1.165, 1.54) is 44.7 Å². The van der Waals surface area contributed by atoms with Crippen molar-refractivity contribution in [3.05, 3.63) is 46.8 Å². The second-order valence-corrected chi connectivity index (χ2v) is 8.93. The van der Waals surface area contributed by atoms with Crippen molar-refractivity contribution < 1.29 is 9.59 Å². The number of aryl methyl sites for hydroxylation is 1. The van der Waals surface area contributed by atoms with Gasteiger partial charge in [0, 0.05) is 24.2 Å². The van der Waals surface area contributed by atoms with Crippen molar-refractivity contribution in [3.63, 3.8) is 0 Å². The lowest BCUT2D eigenvalue weighted by Gasteiger charge is -2.26. The third kappa shape index (κ3) is 5.30. The Morgan fingerprint density at radius 3 is 2.45 bits per heavy atom. The molecule has 29 heavy (non-hydrogen) atoms. The van der Waals surface area contributed by atoms with Gasteiger partial charge in [0.1, 0.15) is 0 Å². The molecule has 0 saturated heterocycles. The predicted molar refractivity (Wildman–Crippen MR) is 118 cm³/mol. The van der Waals surface area contributed by atoms with E-state index in [-0.39, 0.29) is 17.7 Å². The molecular weight excluding hydrogens is 382 g/mol. The van der Waals surface area contributed by atoms with Crippen LogP contribution in [0.1, 0.15) is 85.3 Å². The number of carbonyl (C=O) groups excluding carboxylic acids is 2. The molecule has 0 radical (unpaired) electrons. The van der Waals surface area contributed by atoms with Gasteiger partial charge in [-0.2, -0.15) is 0 Å². The molecule has 1 aromatic heterocycles. The molecule has 0 aliphatic heterocycles. The van der Waals surface area contributed by atoms with E-state index >= 15 is 0 Å². The standard InChI is InChI=1S/C23H31N3O2S/c1-15-17(3)26(21-8-6-5-7-9-21)23(25-15)29-14-22(28)20-12-10-19(11-13-20)16(2)24-18(4)27/h10-13,16,21H,5-9,14H2,1-4H3,(H,24,27)/t16-/m1/s1. The molecule has 1 amide bonds. The Balaban J connectivity index is 1.66. The van der Waals surface area contributed by atoms with Crippen LogP contribution in [0.2, 0.25) is 0 Å². The first-order valence-electron chi connectivity index (χ1n) is 10.4. The van der Waals surface area contributed by atoms with Crippen molar-refractivity contribution in [1.82, 2.24) is 14.9 Å². The molecule has 1 heterocycles. The summed E-state index contributed by atoms with van der Waals surface area (Å²) in [5.74, 6) is 0.416. The summed E-state index contributed by atoms with van der Waals surface area (Å²) in [5, 5.41) is 3.83. The summed E-state index contributed by atoms with van der Waals surface area (Å²) < 4.78 is 2.37. The summed E-state index contributed by atoms with van der Waals surface area (Å²) in [6, 6.07) is 7.96. The molecule has 1 aromatic carbocycles. The number of Topliss-reactive ketones (excluding diaryl/α,β-unsaturated/α-hetero) is 1. The Hall–Kier alpha value is -2.08. The van der Waals surface area contributed by atoms with Crippen LogP contribution >= 0.6 is 11.8 Å². The van der Waals surface area contributed by atoms with Crippen molar-refractivity contribution >= 4 is 23.5 Å². The van der Waals surface area contributed by atoms with Crippen molar-refractivity contribution in [3.8, 4) is 0 Å². The molecule has 0 unspecified atom stereocenters. The molecular formula is C23H31N3O2S. The van der Waals surface area contributed by atoms with Gasteiger partial charge >= 0.3 is 0 Å². The zero-order chi connectivity index (χ0) is 21.0. The van der Waals surface area contributed by atoms with Gasteiger partial charge in [-0.15, -0.1) is 0 Å². The molecule has 1 atom stereocenters. The Bertz CT molecular complexity index is 867. The quantitative estimate of drug-likeness (QED) is 0.502. The maximum Gasteiger partial charge on any atom is 0.217 e. The lowest BCUT2D eigenvalue weighted by atomic mass is 9.95. The first-order valence-corrected chi connectivity index (χ1v) is 11.4. The zero-order valence-corrected chi connectivity index (χ0v) is 18.6. The number of nitrogens with one attached hydrogen (secondary N) is 1. The Morgan fingerprint density at radius 2 is 1.83 bits per heavy atom. The highest BCUT2D eigenvalue weighted by Crippen LogP contribution is 2.34. The maximum atomic E-state index is 12.7. The minimum absolute atomic E-state index is 0.0619. The Morgan fingerprint density at radius 1 is 1.17 bits per heavy atom. The molecule has 1 saturated carbocycles. The second kappa shape index (κ2) is 9.61. The summed E-state index contributed by atoms with van der Waals surface area (Å²) >= 11 is 1.54. The number of amides is 1. The molecule has 5 nitrogen and oxygen atoms in total. The van der Waals surface area contributed by atoms with Crippen LogP contribution in [-0.4, -0.2) is 27.0 Å². The van der Waals surface area contributed by atoms with E-state index in [1.54, 1.807) is 11.8 Å². The minimum atomic E-state index is -0.0695. The Labute approximate surface area is 177 Å². The summed E-state index contributed by atoms with van der Waals surface area (Å²) in [7, 11) is 0. The predicted octanol–water partition coefficient (Wildman–Crippen LogP) is 5.18. The zero-order valence-electron chi connectivity index (χ0n) is 17.8. The van der Waals surface area contributed by atoms with Gasteiger partial charge in [-0.25, -0.2) is 4.98 Å². The fourth-order valence-electron chi connectivity index (χ4n) is 4.03. The second-order valence-electron chi connectivity index (χ2n) is 7.98. The van der Waals surface area contributed by atoms with E-state index < -0.39 is 0 Å². The third-order valence-electron chi connectivity index (χ3n) is 5.78. The van der Waals surface area contributed by atoms with E-state index in [2.05, 4.69) is 23.7 Å². The van der Waals surface area contributed by atoms with Crippen LogP contribution in [-0.2, 0) is 4.79 Å². The molecule has 1 aliphatic carbocycles. The molecule has 1 aliphatic rings. The van der Waals surface area contributed by atoms with E-state index in [4.69, 9.17) is 4.98 Å². The van der Waals surface area contributed by atoms with Gasteiger partial charge in [-0.1, -0.05) is 55.3 Å². The lowest BCUT2D eigenvalue weighted by molar-refractivity contribution is -0.119. The van der Waals surface area contributed by atoms with Crippen LogP contribution < -0.4 is 5.32 Å². The molecule has 0 bridgehead atoms. The molecule has 3 rings (SSSR count). The molecule has 2 aromatic rings. The fraction of sp³-hybridized carbons (Fsp3) is 0.522. The van der Waals surface area contributed by atoms with E-state index in [1.807, 2.05) is 31.2 Å². The number of benzene rings is 1. The van der Waals surface area contributed by atoms with Gasteiger partial charge in [0.15, 0.2) is 10.9 Å². The highest BCUT2D eigenvalue weighted by molar-refractivity contribution is 7.99. The van der Waals surface area contributed by atoms with Gasteiger partial charge < -0.3 is 9.88 Å². The SMILES string of the molecule is CC(=O)N[C@H](C)c1ccc(C(=O)CSc2nc(C)c(C)n2C2CCCCC2)cc1. The first-order chi connectivity index (χ1) is 13.9. The molecule has 0 spiro atoms. The normalized spacial score (nSPS) is 15.9. The number of carbonyl (C=O) groups is 2. The first kappa shape index (κ1) is 21.6. The number of hydrogen-bond donors (Lipinski definition) is 1. The number of imidazole rings is 1. The summed E-state index contributed by atoms with van der Waals surface area (Å²) in [6.07, 6.45) is 6.26. The monoisotopic (exact) mass is 413 g/mol. The van der Waals surface area contributed by atoms with Crippen LogP contribution in [0.3, 0.4) is 0 Å². The number of aromatic nitrogens is 2. The smallest absolute Gasteiger partial charge is 0.217 e. The van der Waals surface area contributed by atoms with Gasteiger partial charge in [-0.3, -0.25) is 9.59 Å². The minimum Gasteiger partial charge on any atom is -0.350 e. The fourth-order valence-corrected chi connectivity index (χ4v) is 5.08. The number of ketones is 1. The summed E-state index contributed by atoms with van der Waals surface area (Å²) in [6.45, 7) is 7.63. The molecule has 156 valence electrons. The van der Waals surface area contributed by atoms with Crippen LogP contribution in [0, 0.1) is 13.8 Å². The van der Waals surface area contributed by atoms with Gasteiger partial charge in [0.05, 0.1) is 17.5 Å². The van der Waals surface area contributed by atoms with Crippen LogP contribution in [0.25, 0.3) is 0 Å². The van der Waals surface area contributed by atoms with Crippen LogP contribution in [0.4, 0.5) is 0 Å². The molecule has 6 heteroatoms. The summed E-state index contributed by atoms with van der Waals surface area (Å²) in [4.78, 5) is 28.7. The van der Waals surface area contributed by atoms with Crippen molar-refractivity contribution in [2.24, 2.45) is 0 Å². The number of thioether (sulfide) groups is 1. The van der Waals surface area contributed by atoms with Crippen molar-refractivity contribution in [2.75, 3.05) is 5.75 Å². The van der Waals surface area contributed by atoms with E-state index in [9.17, 15) is 9.59 Å². The topological polar surface area (TPSA) is 64.0 Å². The maximum absolute atomic E-state index is 12.7. The average molecular weight is 414 g/mol. The van der Waals surface area contributed by atoms with Gasteiger partial charge in [-0.05, 0) is 39.2 Å². The highest BCUT2D eigenvalue weighted by atomic mass is 32.2. The average Bonchev–Trinajstić information content (AvgIpc) is 3.00. The van der Waals surface area contributed by atoms with Crippen molar-refractivity contribution in [2.45, 2.75) is 77.0 Å². The number of rotatable bonds is 7. The van der Waals surface area contributed by atoms with E-state index in [0.29, 0.717) is 17.4 Å². The highest BCUT2D eigenvalue weighted by Gasteiger charge is 2.22.